The molecule has 0 saturated heterocycles. The number of carboxylic acid groups (broad SMARTS) is 1. The first-order valence-corrected chi connectivity index (χ1v) is 8.53. The zero-order valence-corrected chi connectivity index (χ0v) is 15.3. The lowest BCUT2D eigenvalue weighted by atomic mass is 9.99. The number of hydrogen-bond donors (Lipinski definition) is 3. The molecule has 1 aromatic heterocycles. The Kier molecular flexibility index (Phi) is 7.25. The molecule has 0 aromatic carbocycles. The zero-order valence-electron chi connectivity index (χ0n) is 15.3. The van der Waals surface area contributed by atoms with Crippen molar-refractivity contribution in [3.8, 4) is 0 Å². The van der Waals surface area contributed by atoms with E-state index in [2.05, 4.69) is 36.5 Å². The minimum Gasteiger partial charge on any atom is -0.481 e. The zero-order chi connectivity index (χ0) is 18.3. The molecular weight excluding hydrogens is 308 g/mol. The van der Waals surface area contributed by atoms with Crippen LogP contribution < -0.4 is 10.6 Å². The Morgan fingerprint density at radius 3 is 2.58 bits per heavy atom. The van der Waals surface area contributed by atoms with Crippen LogP contribution in [0.15, 0.2) is 6.20 Å². The van der Waals surface area contributed by atoms with Gasteiger partial charge in [-0.25, -0.2) is 4.79 Å². The second-order valence-electron chi connectivity index (χ2n) is 7.03. The molecule has 3 N–H and O–H groups in total. The van der Waals surface area contributed by atoms with Crippen molar-refractivity contribution in [2.45, 2.75) is 78.3 Å². The molecule has 0 aliphatic heterocycles. The summed E-state index contributed by atoms with van der Waals surface area (Å²) in [6.07, 6.45) is 4.17. The molecule has 0 radical (unpaired) electrons. The van der Waals surface area contributed by atoms with Crippen molar-refractivity contribution in [3.63, 3.8) is 0 Å². The van der Waals surface area contributed by atoms with Crippen LogP contribution in [0.2, 0.25) is 0 Å². The lowest BCUT2D eigenvalue weighted by molar-refractivity contribution is -0.137. The van der Waals surface area contributed by atoms with Crippen LogP contribution in [0.5, 0.6) is 0 Å². The highest BCUT2D eigenvalue weighted by Gasteiger charge is 2.23. The van der Waals surface area contributed by atoms with Crippen molar-refractivity contribution >= 4 is 17.7 Å². The molecular formula is C17H30N4O3. The number of unbranched alkanes of at least 4 members (excludes halogenated alkanes) is 1. The van der Waals surface area contributed by atoms with Gasteiger partial charge in [0.1, 0.15) is 0 Å². The summed E-state index contributed by atoms with van der Waals surface area (Å²) in [6.45, 7) is 10.7. The molecule has 0 aliphatic carbocycles. The maximum absolute atomic E-state index is 12.3. The van der Waals surface area contributed by atoms with Crippen LogP contribution in [0.4, 0.5) is 10.5 Å². The Morgan fingerprint density at radius 1 is 1.38 bits per heavy atom. The van der Waals surface area contributed by atoms with Crippen molar-refractivity contribution in [2.24, 2.45) is 0 Å². The standard InChI is InChI=1S/C17H30N4O3/c1-6-7-10-21-15(12(2)3)13(11-18-21)19-16(24)20-17(4,5)9-8-14(22)23/h11-12H,6-10H2,1-5H3,(H,22,23)(H2,19,20,24). The summed E-state index contributed by atoms with van der Waals surface area (Å²) in [7, 11) is 0. The quantitative estimate of drug-likeness (QED) is 0.641. The summed E-state index contributed by atoms with van der Waals surface area (Å²) in [5.74, 6) is -0.635. The maximum atomic E-state index is 12.3. The van der Waals surface area contributed by atoms with Gasteiger partial charge in [-0.3, -0.25) is 9.48 Å². The molecule has 0 spiro atoms. The predicted molar refractivity (Wildman–Crippen MR) is 94.3 cm³/mol. The number of amides is 2. The summed E-state index contributed by atoms with van der Waals surface area (Å²) in [6, 6.07) is -0.345. The Labute approximate surface area is 143 Å². The monoisotopic (exact) mass is 338 g/mol. The van der Waals surface area contributed by atoms with E-state index in [1.54, 1.807) is 6.20 Å². The molecule has 2 amide bonds. The van der Waals surface area contributed by atoms with Crippen LogP contribution in [-0.2, 0) is 11.3 Å². The average Bonchev–Trinajstić information content (AvgIpc) is 2.85. The van der Waals surface area contributed by atoms with E-state index in [1.807, 2.05) is 18.5 Å². The molecule has 1 heterocycles. The van der Waals surface area contributed by atoms with Gasteiger partial charge in [0.2, 0.25) is 0 Å². The highest BCUT2D eigenvalue weighted by atomic mass is 16.4. The van der Waals surface area contributed by atoms with Gasteiger partial charge in [-0.05, 0) is 32.6 Å². The number of hydrogen-bond acceptors (Lipinski definition) is 3. The van der Waals surface area contributed by atoms with Crippen molar-refractivity contribution in [1.29, 1.82) is 0 Å². The number of nitrogens with one attached hydrogen (secondary N) is 2. The highest BCUT2D eigenvalue weighted by Crippen LogP contribution is 2.24. The summed E-state index contributed by atoms with van der Waals surface area (Å²) >= 11 is 0. The fraction of sp³-hybridized carbons (Fsp3) is 0.706. The van der Waals surface area contributed by atoms with Gasteiger partial charge in [-0.1, -0.05) is 27.2 Å². The van der Waals surface area contributed by atoms with Gasteiger partial charge in [0.25, 0.3) is 0 Å². The topological polar surface area (TPSA) is 96.3 Å². The largest absolute Gasteiger partial charge is 0.481 e. The van der Waals surface area contributed by atoms with Crippen molar-refractivity contribution in [2.75, 3.05) is 5.32 Å². The van der Waals surface area contributed by atoms with E-state index < -0.39 is 11.5 Å². The summed E-state index contributed by atoms with van der Waals surface area (Å²) < 4.78 is 1.94. The van der Waals surface area contributed by atoms with Gasteiger partial charge in [0.05, 0.1) is 17.6 Å². The van der Waals surface area contributed by atoms with E-state index in [-0.39, 0.29) is 18.4 Å². The van der Waals surface area contributed by atoms with E-state index in [0.717, 1.165) is 25.1 Å². The first-order valence-electron chi connectivity index (χ1n) is 8.53. The summed E-state index contributed by atoms with van der Waals surface area (Å²) in [4.78, 5) is 23.0. The number of nitrogens with zero attached hydrogens (tertiary/aromatic N) is 2. The van der Waals surface area contributed by atoms with Crippen LogP contribution in [0.3, 0.4) is 0 Å². The molecule has 1 aromatic rings. The molecule has 0 unspecified atom stereocenters. The van der Waals surface area contributed by atoms with Crippen molar-refractivity contribution < 1.29 is 14.7 Å². The Bertz CT molecular complexity index is 564. The normalized spacial score (nSPS) is 11.6. The predicted octanol–water partition coefficient (Wildman–Crippen LogP) is 3.57. The molecule has 7 nitrogen and oxygen atoms in total. The molecule has 1 rings (SSSR count). The fourth-order valence-electron chi connectivity index (χ4n) is 2.53. The number of rotatable bonds is 9. The van der Waals surface area contributed by atoms with E-state index >= 15 is 0 Å². The van der Waals surface area contributed by atoms with Crippen LogP contribution in [0, 0.1) is 0 Å². The lowest BCUT2D eigenvalue weighted by Crippen LogP contribution is -2.45. The van der Waals surface area contributed by atoms with Gasteiger partial charge in [-0.15, -0.1) is 0 Å². The lowest BCUT2D eigenvalue weighted by Gasteiger charge is -2.25. The van der Waals surface area contributed by atoms with Gasteiger partial charge in [-0.2, -0.15) is 5.10 Å². The molecule has 7 heteroatoms. The molecule has 0 atom stereocenters. The van der Waals surface area contributed by atoms with Gasteiger partial charge >= 0.3 is 12.0 Å². The van der Waals surface area contributed by atoms with Crippen LogP contribution in [0.1, 0.15) is 71.9 Å². The Balaban J connectivity index is 2.76. The minimum absolute atomic E-state index is 0.0134. The smallest absolute Gasteiger partial charge is 0.319 e. The highest BCUT2D eigenvalue weighted by molar-refractivity contribution is 5.90. The van der Waals surface area contributed by atoms with Gasteiger partial charge in [0, 0.05) is 18.5 Å². The summed E-state index contributed by atoms with van der Waals surface area (Å²) in [5, 5.41) is 18.8. The van der Waals surface area contributed by atoms with E-state index in [0.29, 0.717) is 12.1 Å². The number of carboxylic acids is 1. The molecule has 24 heavy (non-hydrogen) atoms. The summed E-state index contributed by atoms with van der Waals surface area (Å²) in [5.41, 5.74) is 1.10. The van der Waals surface area contributed by atoms with Gasteiger partial charge < -0.3 is 15.7 Å². The Morgan fingerprint density at radius 2 is 2.04 bits per heavy atom. The molecule has 0 bridgehead atoms. The molecule has 0 saturated carbocycles. The molecule has 0 aliphatic rings. The first-order chi connectivity index (χ1) is 11.2. The number of aromatic nitrogens is 2. The van der Waals surface area contributed by atoms with Crippen molar-refractivity contribution in [1.82, 2.24) is 15.1 Å². The van der Waals surface area contributed by atoms with Crippen LogP contribution in [-0.4, -0.2) is 32.4 Å². The number of aryl methyl sites for hydroxylation is 1. The number of carbonyl (C=O) groups excluding carboxylic acids is 1. The molecule has 136 valence electrons. The number of aliphatic carboxylic acids is 1. The maximum Gasteiger partial charge on any atom is 0.319 e. The minimum atomic E-state index is -0.871. The number of urea groups is 1. The second-order valence-corrected chi connectivity index (χ2v) is 7.03. The Hall–Kier alpha value is -2.05. The fourth-order valence-corrected chi connectivity index (χ4v) is 2.53. The third-order valence-corrected chi connectivity index (χ3v) is 3.81. The van der Waals surface area contributed by atoms with Crippen LogP contribution in [0.25, 0.3) is 0 Å². The number of carbonyl (C=O) groups is 2. The van der Waals surface area contributed by atoms with Crippen LogP contribution >= 0.6 is 0 Å². The first kappa shape index (κ1) is 20.0. The average molecular weight is 338 g/mol. The van der Waals surface area contributed by atoms with E-state index in [9.17, 15) is 9.59 Å². The SMILES string of the molecule is CCCCn1ncc(NC(=O)NC(C)(C)CCC(=O)O)c1C(C)C. The third kappa shape index (κ3) is 6.22. The number of anilines is 1. The molecule has 0 fully saturated rings. The second kappa shape index (κ2) is 8.70. The third-order valence-electron chi connectivity index (χ3n) is 3.81. The van der Waals surface area contributed by atoms with E-state index in [4.69, 9.17) is 5.11 Å². The van der Waals surface area contributed by atoms with Crippen molar-refractivity contribution in [3.05, 3.63) is 11.9 Å². The van der Waals surface area contributed by atoms with Gasteiger partial charge in [0.15, 0.2) is 0 Å². The van der Waals surface area contributed by atoms with E-state index in [1.165, 1.54) is 0 Å².